The Balaban J connectivity index is 1.29. The van der Waals surface area contributed by atoms with Crippen LogP contribution in [-0.4, -0.2) is 32.6 Å². The number of para-hydroxylation sites is 1. The molecule has 3 aromatic carbocycles. The number of nitrogens with zero attached hydrogens (tertiary/aromatic N) is 4. The number of benzene rings is 3. The summed E-state index contributed by atoms with van der Waals surface area (Å²) in [7, 11) is 0. The average Bonchev–Trinajstić information content (AvgIpc) is 3.32. The number of hydrazone groups is 1. The van der Waals surface area contributed by atoms with E-state index in [1.54, 1.807) is 12.3 Å². The van der Waals surface area contributed by atoms with Gasteiger partial charge in [-0.2, -0.15) is 5.10 Å². The number of nitrogens with one attached hydrogen (secondary N) is 2. The van der Waals surface area contributed by atoms with E-state index in [9.17, 15) is 4.79 Å². The van der Waals surface area contributed by atoms with E-state index in [0.717, 1.165) is 27.1 Å². The second-order valence-electron chi connectivity index (χ2n) is 8.20. The van der Waals surface area contributed by atoms with Crippen LogP contribution in [0.15, 0.2) is 100 Å². The molecule has 0 spiro atoms. The molecule has 1 heterocycles. The van der Waals surface area contributed by atoms with E-state index in [2.05, 4.69) is 71.1 Å². The molecule has 0 fully saturated rings. The Morgan fingerprint density at radius 2 is 1.95 bits per heavy atom. The van der Waals surface area contributed by atoms with Crippen molar-refractivity contribution in [2.24, 2.45) is 5.10 Å². The minimum atomic E-state index is -0.254. The predicted molar refractivity (Wildman–Crippen MR) is 168 cm³/mol. The number of ether oxygens (including phenoxy) is 1. The highest BCUT2D eigenvalue weighted by molar-refractivity contribution is 14.1. The Bertz CT molecular complexity index is 1440. The third-order valence-corrected chi connectivity index (χ3v) is 7.51. The van der Waals surface area contributed by atoms with E-state index in [1.165, 1.54) is 15.3 Å². The zero-order valence-electron chi connectivity index (χ0n) is 20.9. The van der Waals surface area contributed by atoms with Gasteiger partial charge in [0.15, 0.2) is 11.0 Å². The summed E-state index contributed by atoms with van der Waals surface area (Å²) in [6, 6.07) is 23.6. The lowest BCUT2D eigenvalue weighted by Crippen LogP contribution is -2.20. The second-order valence-corrected chi connectivity index (χ2v) is 11.3. The van der Waals surface area contributed by atoms with Gasteiger partial charge in [-0.15, -0.1) is 16.8 Å². The number of aromatic nitrogens is 3. The van der Waals surface area contributed by atoms with Gasteiger partial charge in [-0.25, -0.2) is 5.43 Å². The average molecular weight is 717 g/mol. The van der Waals surface area contributed by atoms with Crippen molar-refractivity contribution in [1.82, 2.24) is 20.2 Å². The van der Waals surface area contributed by atoms with Crippen molar-refractivity contribution >= 4 is 68.1 Å². The van der Waals surface area contributed by atoms with Crippen molar-refractivity contribution in [3.05, 3.63) is 110 Å². The molecule has 0 saturated carbocycles. The van der Waals surface area contributed by atoms with E-state index in [-0.39, 0.29) is 11.7 Å². The normalized spacial score (nSPS) is 10.9. The topological polar surface area (TPSA) is 93.4 Å². The van der Waals surface area contributed by atoms with E-state index >= 15 is 0 Å². The summed E-state index contributed by atoms with van der Waals surface area (Å²) >= 11 is 7.04. The third-order valence-electron chi connectivity index (χ3n) is 5.33. The van der Waals surface area contributed by atoms with Crippen molar-refractivity contribution < 1.29 is 9.53 Å². The molecule has 0 saturated heterocycles. The van der Waals surface area contributed by atoms with Gasteiger partial charge in [-0.05, 0) is 76.7 Å². The predicted octanol–water partition coefficient (Wildman–Crippen LogP) is 6.26. The van der Waals surface area contributed by atoms with Crippen LogP contribution in [0.25, 0.3) is 0 Å². The van der Waals surface area contributed by atoms with Crippen LogP contribution in [0.1, 0.15) is 17.0 Å². The summed E-state index contributed by atoms with van der Waals surface area (Å²) in [4.78, 5) is 12.5. The Morgan fingerprint density at radius 1 is 1.13 bits per heavy atom. The summed E-state index contributed by atoms with van der Waals surface area (Å²) < 4.78 is 10.1. The second kappa shape index (κ2) is 14.8. The van der Waals surface area contributed by atoms with Crippen LogP contribution in [0.4, 0.5) is 5.69 Å². The fraction of sp³-hybridized carbons (Fsp3) is 0.143. The summed E-state index contributed by atoms with van der Waals surface area (Å²) in [6.45, 7) is 5.29. The molecule has 0 aliphatic heterocycles. The maximum atomic E-state index is 12.5. The Labute approximate surface area is 253 Å². The lowest BCUT2D eigenvalue weighted by Gasteiger charge is -2.10. The molecule has 11 heteroatoms. The van der Waals surface area contributed by atoms with Crippen LogP contribution in [0.2, 0.25) is 0 Å². The van der Waals surface area contributed by atoms with Gasteiger partial charge in [0.25, 0.3) is 5.91 Å². The van der Waals surface area contributed by atoms with Gasteiger partial charge in [-0.1, -0.05) is 58.0 Å². The molecular formula is C28H26BrIN6O2S. The highest BCUT2D eigenvalue weighted by atomic mass is 127. The number of halogens is 2. The number of amides is 1. The standard InChI is InChI=1S/C28H26BrIN6O2S/c1-2-14-36-26(17-31-24-12-10-23(30)11-13-24)33-35-28(36)39-19-27(37)34-32-16-21-7-3-4-9-25(21)38-18-20-6-5-8-22(29)15-20/h2-13,15-16,31H,1,14,17-19H2,(H,34,37)/b32-16-. The number of anilines is 1. The van der Waals surface area contributed by atoms with Crippen molar-refractivity contribution in [1.29, 1.82) is 0 Å². The molecule has 200 valence electrons. The largest absolute Gasteiger partial charge is 0.488 e. The molecule has 1 amide bonds. The summed E-state index contributed by atoms with van der Waals surface area (Å²) in [5.74, 6) is 1.32. The van der Waals surface area contributed by atoms with Crippen LogP contribution in [0, 0.1) is 3.57 Å². The van der Waals surface area contributed by atoms with E-state index in [0.29, 0.717) is 30.6 Å². The Hall–Kier alpha value is -3.16. The third kappa shape index (κ3) is 8.94. The molecule has 0 bridgehead atoms. The summed E-state index contributed by atoms with van der Waals surface area (Å²) in [5.41, 5.74) is 5.37. The molecule has 39 heavy (non-hydrogen) atoms. The van der Waals surface area contributed by atoms with Gasteiger partial charge in [0.2, 0.25) is 0 Å². The van der Waals surface area contributed by atoms with Crippen LogP contribution in [-0.2, 0) is 24.5 Å². The van der Waals surface area contributed by atoms with Crippen LogP contribution in [0.5, 0.6) is 5.75 Å². The van der Waals surface area contributed by atoms with Gasteiger partial charge in [-0.3, -0.25) is 4.79 Å². The molecule has 0 unspecified atom stereocenters. The number of allylic oxidation sites excluding steroid dienone is 1. The molecule has 0 radical (unpaired) electrons. The minimum absolute atomic E-state index is 0.137. The summed E-state index contributed by atoms with van der Waals surface area (Å²) in [6.07, 6.45) is 3.36. The fourth-order valence-electron chi connectivity index (χ4n) is 3.46. The molecule has 2 N–H and O–H groups in total. The Morgan fingerprint density at radius 3 is 2.74 bits per heavy atom. The maximum Gasteiger partial charge on any atom is 0.250 e. The van der Waals surface area contributed by atoms with Gasteiger partial charge >= 0.3 is 0 Å². The first-order chi connectivity index (χ1) is 19.0. The number of carbonyl (C=O) groups excluding carboxylic acids is 1. The molecule has 0 aliphatic rings. The number of hydrogen-bond acceptors (Lipinski definition) is 7. The smallest absolute Gasteiger partial charge is 0.250 e. The minimum Gasteiger partial charge on any atom is -0.488 e. The molecule has 0 atom stereocenters. The van der Waals surface area contributed by atoms with E-state index in [4.69, 9.17) is 4.74 Å². The number of thioether (sulfide) groups is 1. The highest BCUT2D eigenvalue weighted by Crippen LogP contribution is 2.20. The van der Waals surface area contributed by atoms with Crippen molar-refractivity contribution in [3.8, 4) is 5.75 Å². The lowest BCUT2D eigenvalue weighted by atomic mass is 10.2. The molecule has 0 aliphatic carbocycles. The summed E-state index contributed by atoms with van der Waals surface area (Å²) in [5, 5.41) is 16.7. The van der Waals surface area contributed by atoms with Crippen molar-refractivity contribution in [2.45, 2.75) is 24.9 Å². The van der Waals surface area contributed by atoms with Gasteiger partial charge < -0.3 is 14.6 Å². The lowest BCUT2D eigenvalue weighted by molar-refractivity contribution is -0.118. The number of hydrogen-bond donors (Lipinski definition) is 2. The molecular weight excluding hydrogens is 691 g/mol. The molecule has 4 aromatic rings. The van der Waals surface area contributed by atoms with Gasteiger partial charge in [0, 0.05) is 25.8 Å². The first-order valence-electron chi connectivity index (χ1n) is 11.9. The van der Waals surface area contributed by atoms with E-state index in [1.807, 2.05) is 77.4 Å². The van der Waals surface area contributed by atoms with Crippen molar-refractivity contribution in [3.63, 3.8) is 0 Å². The molecule has 8 nitrogen and oxygen atoms in total. The Kier molecular flexibility index (Phi) is 11.0. The van der Waals surface area contributed by atoms with Crippen LogP contribution in [0.3, 0.4) is 0 Å². The van der Waals surface area contributed by atoms with Gasteiger partial charge in [0.1, 0.15) is 12.4 Å². The zero-order valence-corrected chi connectivity index (χ0v) is 25.4. The molecule has 4 rings (SSSR count). The van der Waals surface area contributed by atoms with E-state index < -0.39 is 0 Å². The van der Waals surface area contributed by atoms with Crippen LogP contribution < -0.4 is 15.5 Å². The monoisotopic (exact) mass is 716 g/mol. The molecule has 1 aromatic heterocycles. The number of rotatable bonds is 13. The number of carbonyl (C=O) groups is 1. The zero-order chi connectivity index (χ0) is 27.5. The van der Waals surface area contributed by atoms with Gasteiger partial charge in [0.05, 0.1) is 18.5 Å². The first kappa shape index (κ1) is 28.8. The first-order valence-corrected chi connectivity index (χ1v) is 14.8. The SMILES string of the molecule is C=CCn1c(CNc2ccc(I)cc2)nnc1SCC(=O)N/N=C\c1ccccc1OCc1cccc(Br)c1. The van der Waals surface area contributed by atoms with Crippen molar-refractivity contribution in [2.75, 3.05) is 11.1 Å². The maximum absolute atomic E-state index is 12.5. The van der Waals surface area contributed by atoms with Crippen LogP contribution >= 0.6 is 50.3 Å². The fourth-order valence-corrected chi connectivity index (χ4v) is 5.03. The highest BCUT2D eigenvalue weighted by Gasteiger charge is 2.13. The quantitative estimate of drug-likeness (QED) is 0.0558.